The molecule has 8 nitrogen and oxygen atoms in total. The Labute approximate surface area is 228 Å². The molecule has 2 unspecified atom stereocenters. The molecule has 2 fully saturated rings. The van der Waals surface area contributed by atoms with Crippen molar-refractivity contribution in [2.24, 2.45) is 11.8 Å². The Hall–Kier alpha value is -3.14. The normalized spacial score (nSPS) is 20.4. The summed E-state index contributed by atoms with van der Waals surface area (Å²) >= 11 is 1.57. The van der Waals surface area contributed by atoms with Crippen LogP contribution in [0.5, 0.6) is 5.75 Å². The molecule has 0 amide bonds. The van der Waals surface area contributed by atoms with Crippen LogP contribution in [0.4, 0.5) is 10.8 Å². The number of benzene rings is 2. The first-order valence-electron chi connectivity index (χ1n) is 13.2. The lowest BCUT2D eigenvalue weighted by Gasteiger charge is -2.34. The summed E-state index contributed by atoms with van der Waals surface area (Å²) in [6, 6.07) is 12.3. The van der Waals surface area contributed by atoms with Crippen molar-refractivity contribution in [2.75, 3.05) is 50.0 Å². The number of carbonyl (C=O) groups is 1. The number of anilines is 2. The van der Waals surface area contributed by atoms with Crippen LogP contribution < -0.4 is 15.4 Å². The zero-order chi connectivity index (χ0) is 26.6. The van der Waals surface area contributed by atoms with Crippen molar-refractivity contribution in [3.8, 4) is 17.0 Å². The van der Waals surface area contributed by atoms with Crippen LogP contribution in [0.2, 0.25) is 0 Å². The molecule has 2 aliphatic rings. The highest BCUT2D eigenvalue weighted by Gasteiger charge is 2.32. The quantitative estimate of drug-likeness (QED) is 0.401. The van der Waals surface area contributed by atoms with Gasteiger partial charge in [-0.15, -0.1) is 11.3 Å². The number of hydrogen-bond acceptors (Lipinski definition) is 8. The Morgan fingerprint density at radius 1 is 1.21 bits per heavy atom. The van der Waals surface area contributed by atoms with E-state index < -0.39 is 5.97 Å². The van der Waals surface area contributed by atoms with Crippen LogP contribution in [0.15, 0.2) is 41.8 Å². The molecular weight excluding hydrogens is 500 g/mol. The van der Waals surface area contributed by atoms with E-state index in [1.54, 1.807) is 11.3 Å². The Morgan fingerprint density at radius 3 is 2.76 bits per heavy atom. The van der Waals surface area contributed by atoms with Crippen molar-refractivity contribution in [1.82, 2.24) is 9.88 Å². The standard InChI is InChI=1S/C29H36N4O4S/c1-19-13-21(16-32-9-11-36-12-10-32)3-4-22(19)17-37-27-6-5-23(30)14-25(27)26-18-38-29(31-26)33-8-7-24(28(34)35)20(2)15-33/h3-6,13-14,18,20,24H,7-12,15-17,30H2,1-2H3,(H,34,35). The van der Waals surface area contributed by atoms with Crippen molar-refractivity contribution in [2.45, 2.75) is 33.4 Å². The maximum atomic E-state index is 11.5. The first-order valence-corrected chi connectivity index (χ1v) is 14.1. The maximum absolute atomic E-state index is 11.5. The molecule has 0 radical (unpaired) electrons. The highest BCUT2D eigenvalue weighted by Crippen LogP contribution is 2.37. The summed E-state index contributed by atoms with van der Waals surface area (Å²) in [5, 5.41) is 12.4. The van der Waals surface area contributed by atoms with Gasteiger partial charge in [-0.3, -0.25) is 9.69 Å². The molecule has 1 aromatic heterocycles. The van der Waals surface area contributed by atoms with E-state index in [-0.39, 0.29) is 11.8 Å². The van der Waals surface area contributed by atoms with Crippen LogP contribution in [0.3, 0.4) is 0 Å². The van der Waals surface area contributed by atoms with Crippen molar-refractivity contribution in [3.05, 3.63) is 58.5 Å². The number of piperidine rings is 1. The molecule has 2 aliphatic heterocycles. The van der Waals surface area contributed by atoms with Crippen LogP contribution in [-0.2, 0) is 22.7 Å². The second-order valence-corrected chi connectivity index (χ2v) is 11.2. The van der Waals surface area contributed by atoms with Gasteiger partial charge in [-0.2, -0.15) is 0 Å². The summed E-state index contributed by atoms with van der Waals surface area (Å²) in [5.74, 6) is -0.189. The third-order valence-corrected chi connectivity index (χ3v) is 8.47. The number of nitrogens with zero attached hydrogens (tertiary/aromatic N) is 3. The van der Waals surface area contributed by atoms with Crippen LogP contribution in [0.25, 0.3) is 11.3 Å². The maximum Gasteiger partial charge on any atom is 0.306 e. The van der Waals surface area contributed by atoms with Gasteiger partial charge in [-0.1, -0.05) is 25.1 Å². The Bertz CT molecular complexity index is 1270. The molecule has 5 rings (SSSR count). The number of ether oxygens (including phenoxy) is 2. The van der Waals surface area contributed by atoms with Gasteiger partial charge in [-0.05, 0) is 54.2 Å². The van der Waals surface area contributed by atoms with Gasteiger partial charge in [0.05, 0.1) is 24.8 Å². The largest absolute Gasteiger partial charge is 0.488 e. The number of rotatable bonds is 8. The molecule has 3 aromatic rings. The van der Waals surface area contributed by atoms with Gasteiger partial charge in [0.25, 0.3) is 0 Å². The molecule has 3 heterocycles. The minimum absolute atomic E-state index is 0.0726. The van der Waals surface area contributed by atoms with Gasteiger partial charge >= 0.3 is 5.97 Å². The number of aryl methyl sites for hydroxylation is 1. The fraction of sp³-hybridized carbons (Fsp3) is 0.448. The van der Waals surface area contributed by atoms with Crippen LogP contribution in [-0.4, -0.2) is 60.4 Å². The molecule has 9 heteroatoms. The van der Waals surface area contributed by atoms with E-state index >= 15 is 0 Å². The van der Waals surface area contributed by atoms with E-state index in [0.717, 1.165) is 60.5 Å². The van der Waals surface area contributed by atoms with Crippen LogP contribution in [0.1, 0.15) is 30.0 Å². The third-order valence-electron chi connectivity index (χ3n) is 7.56. The minimum atomic E-state index is -0.708. The molecule has 2 saturated heterocycles. The lowest BCUT2D eigenvalue weighted by molar-refractivity contribution is -0.144. The molecule has 2 aromatic carbocycles. The van der Waals surface area contributed by atoms with E-state index in [0.29, 0.717) is 31.8 Å². The molecule has 0 spiro atoms. The van der Waals surface area contributed by atoms with E-state index in [9.17, 15) is 9.90 Å². The number of carboxylic acid groups (broad SMARTS) is 1. The fourth-order valence-corrected chi connectivity index (χ4v) is 6.15. The molecule has 2 atom stereocenters. The Balaban J connectivity index is 1.27. The first kappa shape index (κ1) is 26.5. The summed E-state index contributed by atoms with van der Waals surface area (Å²) in [7, 11) is 0. The highest BCUT2D eigenvalue weighted by molar-refractivity contribution is 7.14. The SMILES string of the molecule is Cc1cc(CN2CCOCC2)ccc1COc1ccc(N)cc1-c1csc(N2CCC(C(=O)O)C(C)C2)n1. The van der Waals surface area contributed by atoms with Gasteiger partial charge in [0.2, 0.25) is 0 Å². The topological polar surface area (TPSA) is 101 Å². The van der Waals surface area contributed by atoms with E-state index in [4.69, 9.17) is 20.2 Å². The average molecular weight is 537 g/mol. The average Bonchev–Trinajstić information content (AvgIpc) is 3.39. The van der Waals surface area contributed by atoms with E-state index in [2.05, 4.69) is 34.9 Å². The third kappa shape index (κ3) is 6.11. The summed E-state index contributed by atoms with van der Waals surface area (Å²) in [4.78, 5) is 21.0. The number of morpholine rings is 1. The predicted octanol–water partition coefficient (Wildman–Crippen LogP) is 4.66. The second-order valence-electron chi connectivity index (χ2n) is 10.4. The van der Waals surface area contributed by atoms with E-state index in [1.807, 2.05) is 30.5 Å². The summed E-state index contributed by atoms with van der Waals surface area (Å²) < 4.78 is 11.8. The lowest BCUT2D eigenvalue weighted by Crippen LogP contribution is -2.42. The predicted molar refractivity (Wildman–Crippen MR) is 151 cm³/mol. The van der Waals surface area contributed by atoms with Gasteiger partial charge in [0.15, 0.2) is 5.13 Å². The number of thiazole rings is 1. The Kier molecular flexibility index (Phi) is 8.16. The molecule has 0 saturated carbocycles. The Morgan fingerprint density at radius 2 is 2.03 bits per heavy atom. The number of nitrogens with two attached hydrogens (primary N) is 1. The van der Waals surface area contributed by atoms with Gasteiger partial charge < -0.3 is 25.2 Å². The number of aromatic nitrogens is 1. The lowest BCUT2D eigenvalue weighted by atomic mass is 9.87. The molecule has 0 aliphatic carbocycles. The fourth-order valence-electron chi connectivity index (χ4n) is 5.28. The zero-order valence-corrected chi connectivity index (χ0v) is 22.9. The van der Waals surface area contributed by atoms with Gasteiger partial charge in [0.1, 0.15) is 12.4 Å². The van der Waals surface area contributed by atoms with Crippen LogP contribution >= 0.6 is 11.3 Å². The minimum Gasteiger partial charge on any atom is -0.488 e. The summed E-state index contributed by atoms with van der Waals surface area (Å²) in [5.41, 5.74) is 12.1. The summed E-state index contributed by atoms with van der Waals surface area (Å²) in [6.07, 6.45) is 0.628. The molecular formula is C29H36N4O4S. The molecule has 0 bridgehead atoms. The zero-order valence-electron chi connectivity index (χ0n) is 22.1. The monoisotopic (exact) mass is 536 g/mol. The molecule has 3 N–H and O–H groups in total. The molecule has 202 valence electrons. The number of aliphatic carboxylic acids is 1. The number of carboxylic acids is 1. The van der Waals surface area contributed by atoms with Gasteiger partial charge in [-0.25, -0.2) is 4.98 Å². The number of nitrogen functional groups attached to an aromatic ring is 1. The van der Waals surface area contributed by atoms with Crippen molar-refractivity contribution in [1.29, 1.82) is 0 Å². The smallest absolute Gasteiger partial charge is 0.306 e. The van der Waals surface area contributed by atoms with Crippen molar-refractivity contribution >= 4 is 28.1 Å². The second kappa shape index (κ2) is 11.7. The van der Waals surface area contributed by atoms with Crippen LogP contribution in [0, 0.1) is 18.8 Å². The first-order chi connectivity index (χ1) is 18.4. The van der Waals surface area contributed by atoms with Crippen molar-refractivity contribution < 1.29 is 19.4 Å². The summed E-state index contributed by atoms with van der Waals surface area (Å²) in [6.45, 7) is 10.5. The number of hydrogen-bond donors (Lipinski definition) is 2. The van der Waals surface area contributed by atoms with Gasteiger partial charge in [0, 0.05) is 49.4 Å². The van der Waals surface area contributed by atoms with E-state index in [1.165, 1.54) is 11.1 Å². The van der Waals surface area contributed by atoms with Crippen molar-refractivity contribution in [3.63, 3.8) is 0 Å². The molecule has 38 heavy (non-hydrogen) atoms. The highest BCUT2D eigenvalue weighted by atomic mass is 32.1.